The van der Waals surface area contributed by atoms with Crippen molar-refractivity contribution in [2.45, 2.75) is 38.6 Å². The highest BCUT2D eigenvalue weighted by Gasteiger charge is 2.37. The van der Waals surface area contributed by atoms with Gasteiger partial charge in [0.05, 0.1) is 5.69 Å². The molecule has 2 aromatic rings. The van der Waals surface area contributed by atoms with Crippen molar-refractivity contribution in [2.24, 2.45) is 0 Å². The monoisotopic (exact) mass is 347 g/mol. The van der Waals surface area contributed by atoms with Gasteiger partial charge >= 0.3 is 0 Å². The number of benzene rings is 1. The zero-order valence-electron chi connectivity index (χ0n) is 13.5. The summed E-state index contributed by atoms with van der Waals surface area (Å²) in [6.07, 6.45) is 0.785. The smallest absolute Gasteiger partial charge is 0.249 e. The zero-order valence-corrected chi connectivity index (χ0v) is 14.2. The summed E-state index contributed by atoms with van der Waals surface area (Å²) in [6, 6.07) is 7.98. The Bertz CT molecular complexity index is 755. The second-order valence-electron chi connectivity index (χ2n) is 6.05. The van der Waals surface area contributed by atoms with Crippen molar-refractivity contribution in [1.82, 2.24) is 5.16 Å². The van der Waals surface area contributed by atoms with E-state index in [4.69, 9.17) is 16.1 Å². The minimum atomic E-state index is -0.578. The highest BCUT2D eigenvalue weighted by Crippen LogP contribution is 2.29. The molecular weight excluding hydrogens is 330 g/mol. The van der Waals surface area contributed by atoms with Crippen LogP contribution in [0.2, 0.25) is 5.02 Å². The number of nitrogens with one attached hydrogen (secondary N) is 1. The van der Waals surface area contributed by atoms with E-state index in [1.165, 1.54) is 4.90 Å². The summed E-state index contributed by atoms with van der Waals surface area (Å²) in [4.78, 5) is 26.3. The van der Waals surface area contributed by atoms with E-state index >= 15 is 0 Å². The van der Waals surface area contributed by atoms with Gasteiger partial charge in [0, 0.05) is 23.2 Å². The molecule has 2 amide bonds. The SMILES string of the molecule is CC(C)c1cc(NC(=O)C2CCC(=O)N2c2ccc(Cl)cc2)on1. The van der Waals surface area contributed by atoms with E-state index in [1.807, 2.05) is 13.8 Å². The van der Waals surface area contributed by atoms with Gasteiger partial charge in [-0.2, -0.15) is 0 Å². The summed E-state index contributed by atoms with van der Waals surface area (Å²) >= 11 is 5.89. The Labute approximate surface area is 144 Å². The van der Waals surface area contributed by atoms with Gasteiger partial charge in [0.2, 0.25) is 17.7 Å². The number of carbonyl (C=O) groups excluding carboxylic acids is 2. The first-order chi connectivity index (χ1) is 11.5. The molecule has 1 aromatic heterocycles. The Balaban J connectivity index is 1.77. The molecule has 1 aliphatic rings. The van der Waals surface area contributed by atoms with Gasteiger partial charge in [0.15, 0.2) is 0 Å². The summed E-state index contributed by atoms with van der Waals surface area (Å²) in [7, 11) is 0. The number of nitrogens with zero attached hydrogens (tertiary/aromatic N) is 2. The molecule has 24 heavy (non-hydrogen) atoms. The molecular formula is C17H18ClN3O3. The topological polar surface area (TPSA) is 75.4 Å². The maximum atomic E-state index is 12.6. The largest absolute Gasteiger partial charge is 0.338 e. The lowest BCUT2D eigenvalue weighted by atomic mass is 10.1. The number of hydrogen-bond donors (Lipinski definition) is 1. The highest BCUT2D eigenvalue weighted by molar-refractivity contribution is 6.30. The van der Waals surface area contributed by atoms with Gasteiger partial charge in [0.1, 0.15) is 6.04 Å². The standard InChI is InChI=1S/C17H18ClN3O3/c1-10(2)13-9-15(24-20-13)19-17(23)14-7-8-16(22)21(14)12-5-3-11(18)4-6-12/h3-6,9-10,14H,7-8H2,1-2H3,(H,19,23). The van der Waals surface area contributed by atoms with Gasteiger partial charge < -0.3 is 4.52 Å². The Morgan fingerprint density at radius 2 is 2.08 bits per heavy atom. The first-order valence-corrected chi connectivity index (χ1v) is 8.18. The van der Waals surface area contributed by atoms with Crippen molar-refractivity contribution in [3.8, 4) is 0 Å². The fourth-order valence-corrected chi connectivity index (χ4v) is 2.81. The quantitative estimate of drug-likeness (QED) is 0.917. The molecule has 1 aliphatic heterocycles. The van der Waals surface area contributed by atoms with Crippen molar-refractivity contribution in [3.63, 3.8) is 0 Å². The van der Waals surface area contributed by atoms with Crippen molar-refractivity contribution in [1.29, 1.82) is 0 Å². The van der Waals surface area contributed by atoms with Gasteiger partial charge in [-0.3, -0.25) is 19.8 Å². The average molecular weight is 348 g/mol. The van der Waals surface area contributed by atoms with E-state index in [-0.39, 0.29) is 17.7 Å². The normalized spacial score (nSPS) is 17.6. The summed E-state index contributed by atoms with van der Waals surface area (Å²) in [6.45, 7) is 3.97. The van der Waals surface area contributed by atoms with Crippen LogP contribution in [0, 0.1) is 0 Å². The van der Waals surface area contributed by atoms with Crippen molar-refractivity contribution >= 4 is 35.0 Å². The van der Waals surface area contributed by atoms with Crippen LogP contribution in [0.5, 0.6) is 0 Å². The van der Waals surface area contributed by atoms with Gasteiger partial charge in [-0.1, -0.05) is 30.6 Å². The molecule has 0 bridgehead atoms. The van der Waals surface area contributed by atoms with E-state index in [9.17, 15) is 9.59 Å². The van der Waals surface area contributed by atoms with Crippen molar-refractivity contribution in [3.05, 3.63) is 41.0 Å². The number of hydrogen-bond acceptors (Lipinski definition) is 4. The van der Waals surface area contributed by atoms with Gasteiger partial charge in [0.25, 0.3) is 0 Å². The predicted octanol–water partition coefficient (Wildman–Crippen LogP) is 3.59. The van der Waals surface area contributed by atoms with E-state index in [2.05, 4.69) is 10.5 Å². The Hall–Kier alpha value is -2.34. The molecule has 0 aliphatic carbocycles. The zero-order chi connectivity index (χ0) is 17.3. The number of halogens is 1. The Kier molecular flexibility index (Phi) is 4.57. The second kappa shape index (κ2) is 6.65. The number of carbonyl (C=O) groups is 2. The number of amides is 2. The van der Waals surface area contributed by atoms with Gasteiger partial charge in [-0.15, -0.1) is 0 Å². The van der Waals surface area contributed by atoms with Crippen LogP contribution in [0.3, 0.4) is 0 Å². The number of anilines is 2. The molecule has 1 atom stereocenters. The fraction of sp³-hybridized carbons (Fsp3) is 0.353. The fourth-order valence-electron chi connectivity index (χ4n) is 2.68. The van der Waals surface area contributed by atoms with E-state index in [0.717, 1.165) is 5.69 Å². The Morgan fingerprint density at radius 1 is 1.38 bits per heavy atom. The molecule has 1 aromatic carbocycles. The minimum Gasteiger partial charge on any atom is -0.338 e. The summed E-state index contributed by atoms with van der Waals surface area (Å²) in [5, 5.41) is 7.19. The molecule has 0 saturated carbocycles. The van der Waals surface area contributed by atoms with E-state index in [1.54, 1.807) is 30.3 Å². The van der Waals surface area contributed by atoms with Crippen LogP contribution in [-0.2, 0) is 9.59 Å². The molecule has 0 radical (unpaired) electrons. The van der Waals surface area contributed by atoms with Crippen molar-refractivity contribution < 1.29 is 14.1 Å². The lowest BCUT2D eigenvalue weighted by molar-refractivity contribution is -0.120. The molecule has 7 heteroatoms. The molecule has 1 fully saturated rings. The third kappa shape index (κ3) is 3.28. The lowest BCUT2D eigenvalue weighted by Gasteiger charge is -2.23. The van der Waals surface area contributed by atoms with Gasteiger partial charge in [-0.05, 0) is 36.6 Å². The third-order valence-corrected chi connectivity index (χ3v) is 4.24. The molecule has 1 saturated heterocycles. The maximum absolute atomic E-state index is 12.6. The first-order valence-electron chi connectivity index (χ1n) is 7.81. The van der Waals surface area contributed by atoms with E-state index < -0.39 is 6.04 Å². The Morgan fingerprint density at radius 3 is 2.71 bits per heavy atom. The summed E-state index contributed by atoms with van der Waals surface area (Å²) in [5.74, 6) is 0.122. The second-order valence-corrected chi connectivity index (χ2v) is 6.49. The maximum Gasteiger partial charge on any atom is 0.249 e. The third-order valence-electron chi connectivity index (χ3n) is 3.99. The van der Waals surface area contributed by atoms with Crippen molar-refractivity contribution in [2.75, 3.05) is 10.2 Å². The van der Waals surface area contributed by atoms with Crippen LogP contribution in [0.25, 0.3) is 0 Å². The molecule has 126 valence electrons. The molecule has 2 heterocycles. The molecule has 3 rings (SSSR count). The first kappa shape index (κ1) is 16.5. The molecule has 6 nitrogen and oxygen atoms in total. The predicted molar refractivity (Wildman–Crippen MR) is 91.2 cm³/mol. The van der Waals surface area contributed by atoms with Crippen LogP contribution in [0.15, 0.2) is 34.9 Å². The van der Waals surface area contributed by atoms with Gasteiger partial charge in [-0.25, -0.2) is 0 Å². The van der Waals surface area contributed by atoms with E-state index in [0.29, 0.717) is 29.4 Å². The molecule has 0 spiro atoms. The number of rotatable bonds is 4. The molecule has 1 unspecified atom stereocenters. The average Bonchev–Trinajstić information content (AvgIpc) is 3.15. The minimum absolute atomic E-state index is 0.0853. The summed E-state index contributed by atoms with van der Waals surface area (Å²) < 4.78 is 5.14. The summed E-state index contributed by atoms with van der Waals surface area (Å²) in [5.41, 5.74) is 1.42. The van der Waals surface area contributed by atoms with Crippen LogP contribution >= 0.6 is 11.6 Å². The lowest BCUT2D eigenvalue weighted by Crippen LogP contribution is -2.41. The molecule has 1 N–H and O–H groups in total. The van der Waals surface area contributed by atoms with Crippen LogP contribution in [0.1, 0.15) is 38.3 Å². The van der Waals surface area contributed by atoms with Crippen LogP contribution < -0.4 is 10.2 Å². The number of aromatic nitrogens is 1. The van der Waals surface area contributed by atoms with Crippen LogP contribution in [-0.4, -0.2) is 23.0 Å². The highest BCUT2D eigenvalue weighted by atomic mass is 35.5. The van der Waals surface area contributed by atoms with Crippen LogP contribution in [0.4, 0.5) is 11.6 Å².